The molecule has 1 spiro atoms. The van der Waals surface area contributed by atoms with Gasteiger partial charge in [-0.15, -0.1) is 11.3 Å². The summed E-state index contributed by atoms with van der Waals surface area (Å²) in [6.07, 6.45) is 3.54. The highest BCUT2D eigenvalue weighted by molar-refractivity contribution is 7.09. The number of aromatic nitrogens is 1. The van der Waals surface area contributed by atoms with E-state index in [0.29, 0.717) is 45.1 Å². The van der Waals surface area contributed by atoms with E-state index >= 15 is 0 Å². The van der Waals surface area contributed by atoms with Crippen LogP contribution in [0.15, 0.2) is 5.38 Å². The molecule has 8 heteroatoms. The highest BCUT2D eigenvalue weighted by Crippen LogP contribution is 2.33. The van der Waals surface area contributed by atoms with Gasteiger partial charge < -0.3 is 15.5 Å². The summed E-state index contributed by atoms with van der Waals surface area (Å²) in [5, 5.41) is 9.21. The standard InChI is InChI=1S/C17H25N5O2S/c1-12-19-14(11-25-12)10-22-9-6-18-15(23)17(22)4-7-21(8-5-17)16(24)20-13-2-3-13/h11,13H,2-10H2,1H3,(H,18,23)(H,20,24). The Morgan fingerprint density at radius 2 is 2.16 bits per heavy atom. The van der Waals surface area contributed by atoms with Crippen LogP contribution in [0.4, 0.5) is 4.79 Å². The third-order valence-corrected chi connectivity index (χ3v) is 6.32. The van der Waals surface area contributed by atoms with Crippen LogP contribution < -0.4 is 10.6 Å². The van der Waals surface area contributed by atoms with Crippen LogP contribution in [-0.4, -0.2) is 64.5 Å². The van der Waals surface area contributed by atoms with E-state index in [0.717, 1.165) is 30.1 Å². The lowest BCUT2D eigenvalue weighted by Crippen LogP contribution is -2.68. The molecule has 136 valence electrons. The number of thiazole rings is 1. The van der Waals surface area contributed by atoms with Gasteiger partial charge in [-0.2, -0.15) is 0 Å². The number of rotatable bonds is 3. The molecule has 2 aliphatic heterocycles. The molecule has 0 radical (unpaired) electrons. The van der Waals surface area contributed by atoms with Crippen molar-refractivity contribution < 1.29 is 9.59 Å². The Kier molecular flexibility index (Phi) is 4.41. The maximum atomic E-state index is 12.8. The summed E-state index contributed by atoms with van der Waals surface area (Å²) in [6, 6.07) is 0.390. The van der Waals surface area contributed by atoms with Crippen molar-refractivity contribution in [1.82, 2.24) is 25.4 Å². The second-order valence-corrected chi connectivity index (χ2v) is 8.34. The Labute approximate surface area is 151 Å². The van der Waals surface area contributed by atoms with Crippen molar-refractivity contribution in [3.05, 3.63) is 16.1 Å². The van der Waals surface area contributed by atoms with Gasteiger partial charge in [0.25, 0.3) is 0 Å². The third kappa shape index (κ3) is 3.37. The molecule has 4 rings (SSSR count). The van der Waals surface area contributed by atoms with Crippen LogP contribution in [0.25, 0.3) is 0 Å². The van der Waals surface area contributed by atoms with Gasteiger partial charge in [0.05, 0.1) is 10.7 Å². The minimum atomic E-state index is -0.508. The molecule has 25 heavy (non-hydrogen) atoms. The number of carbonyl (C=O) groups excluding carboxylic acids is 2. The number of amides is 3. The maximum absolute atomic E-state index is 12.8. The lowest BCUT2D eigenvalue weighted by atomic mass is 9.83. The van der Waals surface area contributed by atoms with E-state index in [-0.39, 0.29) is 11.9 Å². The van der Waals surface area contributed by atoms with E-state index in [2.05, 4.69) is 25.9 Å². The molecule has 0 unspecified atom stereocenters. The number of urea groups is 1. The van der Waals surface area contributed by atoms with Crippen LogP contribution >= 0.6 is 11.3 Å². The number of aryl methyl sites for hydroxylation is 1. The van der Waals surface area contributed by atoms with Gasteiger partial charge in [0, 0.05) is 44.1 Å². The lowest BCUT2D eigenvalue weighted by molar-refractivity contribution is -0.141. The Morgan fingerprint density at radius 1 is 1.40 bits per heavy atom. The summed E-state index contributed by atoms with van der Waals surface area (Å²) in [7, 11) is 0. The Morgan fingerprint density at radius 3 is 2.80 bits per heavy atom. The molecule has 0 bridgehead atoms. The molecule has 2 N–H and O–H groups in total. The van der Waals surface area contributed by atoms with Gasteiger partial charge in [-0.25, -0.2) is 9.78 Å². The van der Waals surface area contributed by atoms with Crippen molar-refractivity contribution in [1.29, 1.82) is 0 Å². The minimum absolute atomic E-state index is 0.0234. The summed E-state index contributed by atoms with van der Waals surface area (Å²) in [5.41, 5.74) is 0.525. The van der Waals surface area contributed by atoms with E-state index in [1.165, 1.54) is 0 Å². The third-order valence-electron chi connectivity index (χ3n) is 5.50. The molecular weight excluding hydrogens is 338 g/mol. The zero-order valence-corrected chi connectivity index (χ0v) is 15.4. The molecule has 3 aliphatic rings. The van der Waals surface area contributed by atoms with E-state index < -0.39 is 5.54 Å². The average molecular weight is 363 g/mol. The fourth-order valence-electron chi connectivity index (χ4n) is 3.85. The molecular formula is C17H25N5O2S. The van der Waals surface area contributed by atoms with Crippen molar-refractivity contribution in [2.24, 2.45) is 0 Å². The molecule has 0 aromatic carbocycles. The molecule has 1 aliphatic carbocycles. The van der Waals surface area contributed by atoms with Gasteiger partial charge in [-0.05, 0) is 32.6 Å². The largest absolute Gasteiger partial charge is 0.353 e. The second kappa shape index (κ2) is 6.57. The van der Waals surface area contributed by atoms with Crippen LogP contribution in [0.3, 0.4) is 0 Å². The van der Waals surface area contributed by atoms with Crippen molar-refractivity contribution in [3.63, 3.8) is 0 Å². The van der Waals surface area contributed by atoms with E-state index in [1.807, 2.05) is 11.8 Å². The lowest BCUT2D eigenvalue weighted by Gasteiger charge is -2.49. The molecule has 3 amide bonds. The molecule has 3 fully saturated rings. The number of hydrogen-bond acceptors (Lipinski definition) is 5. The van der Waals surface area contributed by atoms with Crippen molar-refractivity contribution in [2.45, 2.75) is 50.7 Å². The van der Waals surface area contributed by atoms with E-state index in [4.69, 9.17) is 0 Å². The smallest absolute Gasteiger partial charge is 0.317 e. The summed E-state index contributed by atoms with van der Waals surface area (Å²) in [4.78, 5) is 33.7. The molecule has 7 nitrogen and oxygen atoms in total. The van der Waals surface area contributed by atoms with Crippen LogP contribution in [0.1, 0.15) is 36.4 Å². The predicted octanol–water partition coefficient (Wildman–Crippen LogP) is 1.09. The predicted molar refractivity (Wildman–Crippen MR) is 95.4 cm³/mol. The van der Waals surface area contributed by atoms with Gasteiger partial charge in [0.2, 0.25) is 5.91 Å². The Balaban J connectivity index is 1.45. The maximum Gasteiger partial charge on any atom is 0.317 e. The number of hydrogen-bond donors (Lipinski definition) is 2. The first-order chi connectivity index (χ1) is 12.1. The first-order valence-corrected chi connectivity index (χ1v) is 9.95. The van der Waals surface area contributed by atoms with Crippen LogP contribution in [0, 0.1) is 6.92 Å². The number of nitrogens with one attached hydrogen (secondary N) is 2. The summed E-state index contributed by atoms with van der Waals surface area (Å²) < 4.78 is 0. The number of nitrogens with zero attached hydrogens (tertiary/aromatic N) is 3. The number of carbonyl (C=O) groups is 2. The van der Waals surface area contributed by atoms with Gasteiger partial charge in [0.15, 0.2) is 0 Å². The molecule has 0 atom stereocenters. The van der Waals surface area contributed by atoms with Crippen molar-refractivity contribution in [2.75, 3.05) is 26.2 Å². The second-order valence-electron chi connectivity index (χ2n) is 7.28. The highest BCUT2D eigenvalue weighted by atomic mass is 32.1. The molecule has 1 aromatic rings. The molecule has 3 heterocycles. The van der Waals surface area contributed by atoms with Crippen molar-refractivity contribution in [3.8, 4) is 0 Å². The molecule has 1 saturated carbocycles. The van der Waals surface area contributed by atoms with Crippen LogP contribution in [0.5, 0.6) is 0 Å². The van der Waals surface area contributed by atoms with Crippen LogP contribution in [0.2, 0.25) is 0 Å². The fourth-order valence-corrected chi connectivity index (χ4v) is 4.45. The summed E-state index contributed by atoms with van der Waals surface area (Å²) in [5.74, 6) is 0.105. The normalized spacial score (nSPS) is 23.6. The summed E-state index contributed by atoms with van der Waals surface area (Å²) >= 11 is 1.65. The molecule has 1 aromatic heterocycles. The topological polar surface area (TPSA) is 77.6 Å². The Bertz CT molecular complexity index is 664. The minimum Gasteiger partial charge on any atom is -0.353 e. The number of likely N-dealkylation sites (tertiary alicyclic amines) is 1. The number of piperazine rings is 1. The average Bonchev–Trinajstić information content (AvgIpc) is 3.32. The van der Waals surface area contributed by atoms with E-state index in [9.17, 15) is 9.59 Å². The summed E-state index contributed by atoms with van der Waals surface area (Å²) in [6.45, 7) is 5.46. The van der Waals surface area contributed by atoms with Gasteiger partial charge >= 0.3 is 6.03 Å². The van der Waals surface area contributed by atoms with Gasteiger partial charge in [-0.1, -0.05) is 0 Å². The zero-order chi connectivity index (χ0) is 17.4. The quantitative estimate of drug-likeness (QED) is 0.843. The Hall–Kier alpha value is -1.67. The first kappa shape index (κ1) is 16.8. The first-order valence-electron chi connectivity index (χ1n) is 9.07. The van der Waals surface area contributed by atoms with Gasteiger partial charge in [0.1, 0.15) is 5.54 Å². The monoisotopic (exact) mass is 363 g/mol. The van der Waals surface area contributed by atoms with Crippen molar-refractivity contribution >= 4 is 23.3 Å². The number of piperidine rings is 1. The van der Waals surface area contributed by atoms with E-state index in [1.54, 1.807) is 11.3 Å². The molecule has 2 saturated heterocycles. The zero-order valence-electron chi connectivity index (χ0n) is 14.6. The van der Waals surface area contributed by atoms with Gasteiger partial charge in [-0.3, -0.25) is 9.69 Å². The highest BCUT2D eigenvalue weighted by Gasteiger charge is 2.48. The fraction of sp³-hybridized carbons (Fsp3) is 0.706. The SMILES string of the molecule is Cc1nc(CN2CCNC(=O)C23CCN(C(=O)NC2CC2)CC3)cs1. The van der Waals surface area contributed by atoms with Crippen LogP contribution in [-0.2, 0) is 11.3 Å².